The molecule has 0 bridgehead atoms. The van der Waals surface area contributed by atoms with E-state index >= 15 is 0 Å². The van der Waals surface area contributed by atoms with Gasteiger partial charge in [-0.25, -0.2) is 0 Å². The zero-order chi connectivity index (χ0) is 10.2. The quantitative estimate of drug-likeness (QED) is 0.717. The maximum Gasteiger partial charge on any atom is 0.219 e. The van der Waals surface area contributed by atoms with Gasteiger partial charge in [0.1, 0.15) is 0 Å². The van der Waals surface area contributed by atoms with Gasteiger partial charge in [0.25, 0.3) is 0 Å². The van der Waals surface area contributed by atoms with Gasteiger partial charge in [0.2, 0.25) is 5.91 Å². The van der Waals surface area contributed by atoms with Gasteiger partial charge in [0.15, 0.2) is 0 Å². The Morgan fingerprint density at radius 2 is 2.29 bits per heavy atom. The normalized spacial score (nSPS) is 22.8. The highest BCUT2D eigenvalue weighted by Crippen LogP contribution is 2.13. The van der Waals surface area contributed by atoms with Crippen LogP contribution in [0.2, 0.25) is 0 Å². The number of hydrogen-bond acceptors (Lipinski definition) is 2. The first-order chi connectivity index (χ1) is 6.83. The lowest BCUT2D eigenvalue weighted by Gasteiger charge is -2.14. The van der Waals surface area contributed by atoms with Gasteiger partial charge in [-0.3, -0.25) is 4.79 Å². The largest absolute Gasteiger partial charge is 0.359 e. The molecule has 1 amide bonds. The van der Waals surface area contributed by atoms with Crippen LogP contribution in [0.4, 0.5) is 0 Å². The third kappa shape index (κ3) is 4.61. The van der Waals surface area contributed by atoms with Gasteiger partial charge in [-0.05, 0) is 32.2 Å². The highest BCUT2D eigenvalue weighted by atomic mass is 16.1. The Morgan fingerprint density at radius 3 is 3.07 bits per heavy atom. The fourth-order valence-electron chi connectivity index (χ4n) is 1.98. The molecular weight excluding hydrogens is 176 g/mol. The molecule has 0 aromatic rings. The summed E-state index contributed by atoms with van der Waals surface area (Å²) in [6.45, 7) is 1.16. The van der Waals surface area contributed by atoms with Crippen LogP contribution in [-0.4, -0.2) is 25.5 Å². The summed E-state index contributed by atoms with van der Waals surface area (Å²) in [6, 6.07) is 0.655. The minimum Gasteiger partial charge on any atom is -0.359 e. The highest BCUT2D eigenvalue weighted by Gasteiger charge is 2.11. The second-order valence-electron chi connectivity index (χ2n) is 4.07. The molecule has 1 aliphatic heterocycles. The number of carbonyl (C=O) groups excluding carboxylic acids is 1. The lowest BCUT2D eigenvalue weighted by molar-refractivity contribution is -0.120. The summed E-state index contributed by atoms with van der Waals surface area (Å²) in [4.78, 5) is 11.0. The van der Waals surface area contributed by atoms with Crippen molar-refractivity contribution in [3.05, 3.63) is 0 Å². The van der Waals surface area contributed by atoms with Gasteiger partial charge in [0, 0.05) is 19.5 Å². The van der Waals surface area contributed by atoms with Crippen molar-refractivity contribution in [1.29, 1.82) is 0 Å². The summed E-state index contributed by atoms with van der Waals surface area (Å²) in [5.74, 6) is 0.165. The molecule has 0 radical (unpaired) electrons. The molecule has 3 heteroatoms. The summed E-state index contributed by atoms with van der Waals surface area (Å²) >= 11 is 0. The zero-order valence-electron chi connectivity index (χ0n) is 9.14. The SMILES string of the molecule is CNC(=O)CCCC1CCCCCN1. The first-order valence-corrected chi connectivity index (χ1v) is 5.77. The Kier molecular flexibility index (Phi) is 5.60. The molecule has 1 rings (SSSR count). The number of amides is 1. The minimum atomic E-state index is 0.165. The van der Waals surface area contributed by atoms with Gasteiger partial charge in [-0.1, -0.05) is 12.8 Å². The van der Waals surface area contributed by atoms with Crippen LogP contribution in [0.3, 0.4) is 0 Å². The van der Waals surface area contributed by atoms with E-state index in [0.29, 0.717) is 12.5 Å². The molecule has 1 aliphatic rings. The van der Waals surface area contributed by atoms with Gasteiger partial charge in [0.05, 0.1) is 0 Å². The lowest BCUT2D eigenvalue weighted by Crippen LogP contribution is -2.28. The third-order valence-corrected chi connectivity index (χ3v) is 2.90. The topological polar surface area (TPSA) is 41.1 Å². The maximum absolute atomic E-state index is 11.0. The summed E-state index contributed by atoms with van der Waals surface area (Å²) < 4.78 is 0. The molecule has 1 unspecified atom stereocenters. The molecule has 1 heterocycles. The van der Waals surface area contributed by atoms with Gasteiger partial charge >= 0.3 is 0 Å². The standard InChI is InChI=1S/C11H22N2O/c1-12-11(14)8-5-7-10-6-3-2-4-9-13-10/h10,13H,2-9H2,1H3,(H,12,14). The van der Waals surface area contributed by atoms with Crippen LogP contribution in [0.1, 0.15) is 44.9 Å². The van der Waals surface area contributed by atoms with E-state index in [1.165, 1.54) is 25.7 Å². The number of rotatable bonds is 4. The van der Waals surface area contributed by atoms with Crippen LogP contribution < -0.4 is 10.6 Å². The maximum atomic E-state index is 11.0. The van der Waals surface area contributed by atoms with E-state index in [9.17, 15) is 4.79 Å². The Hall–Kier alpha value is -0.570. The molecule has 1 atom stereocenters. The number of hydrogen-bond donors (Lipinski definition) is 2. The summed E-state index contributed by atoms with van der Waals surface area (Å²) in [5.41, 5.74) is 0. The van der Waals surface area contributed by atoms with Crippen LogP contribution in [0.5, 0.6) is 0 Å². The minimum absolute atomic E-state index is 0.165. The van der Waals surface area contributed by atoms with Crippen molar-refractivity contribution in [2.45, 2.75) is 51.0 Å². The number of nitrogens with one attached hydrogen (secondary N) is 2. The summed E-state index contributed by atoms with van der Waals surface area (Å²) in [6.07, 6.45) is 8.13. The Morgan fingerprint density at radius 1 is 1.43 bits per heavy atom. The molecule has 82 valence electrons. The Labute approximate surface area is 86.6 Å². The van der Waals surface area contributed by atoms with Crippen LogP contribution in [0.25, 0.3) is 0 Å². The molecule has 2 N–H and O–H groups in total. The molecule has 0 aliphatic carbocycles. The van der Waals surface area contributed by atoms with E-state index in [-0.39, 0.29) is 5.91 Å². The van der Waals surface area contributed by atoms with Gasteiger partial charge in [-0.15, -0.1) is 0 Å². The van der Waals surface area contributed by atoms with Crippen molar-refractivity contribution in [3.8, 4) is 0 Å². The predicted octanol–water partition coefficient (Wildman–Crippen LogP) is 1.43. The highest BCUT2D eigenvalue weighted by molar-refractivity contribution is 5.75. The van der Waals surface area contributed by atoms with E-state index in [1.54, 1.807) is 7.05 Å². The average Bonchev–Trinajstić information content (AvgIpc) is 2.46. The van der Waals surface area contributed by atoms with Crippen molar-refractivity contribution in [3.63, 3.8) is 0 Å². The number of carbonyl (C=O) groups is 1. The predicted molar refractivity (Wildman–Crippen MR) is 58.2 cm³/mol. The van der Waals surface area contributed by atoms with Crippen molar-refractivity contribution in [2.24, 2.45) is 0 Å². The molecule has 0 saturated carbocycles. The second-order valence-corrected chi connectivity index (χ2v) is 4.07. The third-order valence-electron chi connectivity index (χ3n) is 2.90. The first-order valence-electron chi connectivity index (χ1n) is 5.77. The van der Waals surface area contributed by atoms with E-state index in [1.807, 2.05) is 0 Å². The van der Waals surface area contributed by atoms with Crippen LogP contribution >= 0.6 is 0 Å². The Balaban J connectivity index is 2.07. The van der Waals surface area contributed by atoms with E-state index in [0.717, 1.165) is 19.4 Å². The van der Waals surface area contributed by atoms with Crippen molar-refractivity contribution in [1.82, 2.24) is 10.6 Å². The fraction of sp³-hybridized carbons (Fsp3) is 0.909. The lowest BCUT2D eigenvalue weighted by atomic mass is 10.0. The van der Waals surface area contributed by atoms with Crippen molar-refractivity contribution < 1.29 is 4.79 Å². The van der Waals surface area contributed by atoms with Crippen molar-refractivity contribution in [2.75, 3.05) is 13.6 Å². The van der Waals surface area contributed by atoms with E-state index in [2.05, 4.69) is 10.6 Å². The average molecular weight is 198 g/mol. The van der Waals surface area contributed by atoms with Crippen molar-refractivity contribution >= 4 is 5.91 Å². The smallest absolute Gasteiger partial charge is 0.219 e. The van der Waals surface area contributed by atoms with Gasteiger partial charge in [-0.2, -0.15) is 0 Å². The van der Waals surface area contributed by atoms with Crippen LogP contribution in [-0.2, 0) is 4.79 Å². The summed E-state index contributed by atoms with van der Waals surface area (Å²) in [5, 5.41) is 6.20. The summed E-state index contributed by atoms with van der Waals surface area (Å²) in [7, 11) is 1.70. The zero-order valence-corrected chi connectivity index (χ0v) is 9.14. The molecule has 14 heavy (non-hydrogen) atoms. The van der Waals surface area contributed by atoms with Gasteiger partial charge < -0.3 is 10.6 Å². The van der Waals surface area contributed by atoms with E-state index < -0.39 is 0 Å². The van der Waals surface area contributed by atoms with E-state index in [4.69, 9.17) is 0 Å². The molecule has 0 spiro atoms. The van der Waals surface area contributed by atoms with Crippen LogP contribution in [0, 0.1) is 0 Å². The molecule has 0 aromatic heterocycles. The molecule has 1 fully saturated rings. The van der Waals surface area contributed by atoms with Crippen LogP contribution in [0.15, 0.2) is 0 Å². The molecular formula is C11H22N2O. The fourth-order valence-corrected chi connectivity index (χ4v) is 1.98. The molecule has 3 nitrogen and oxygen atoms in total. The second kappa shape index (κ2) is 6.82. The Bertz CT molecular complexity index is 163. The monoisotopic (exact) mass is 198 g/mol. The first kappa shape index (κ1) is 11.5. The molecule has 1 saturated heterocycles. The molecule has 0 aromatic carbocycles.